The topological polar surface area (TPSA) is 57.5 Å². The van der Waals surface area contributed by atoms with Crippen molar-refractivity contribution in [1.82, 2.24) is 0 Å². The van der Waals surface area contributed by atoms with Crippen LogP contribution in [0.15, 0.2) is 60.7 Å². The number of carbonyl (C=O) groups is 1. The molecule has 34 heavy (non-hydrogen) atoms. The summed E-state index contributed by atoms with van der Waals surface area (Å²) in [6, 6.07) is 21.1. The highest BCUT2D eigenvalue weighted by molar-refractivity contribution is 5.78. The van der Waals surface area contributed by atoms with Crippen LogP contribution < -0.4 is 0 Å². The Bertz CT molecular complexity index is 817. The molecule has 3 nitrogen and oxygen atoms in total. The molecule has 2 unspecified atom stereocenters. The molecule has 0 aliphatic heterocycles. The lowest BCUT2D eigenvalue weighted by Gasteiger charge is -2.31. The van der Waals surface area contributed by atoms with Crippen LogP contribution in [-0.4, -0.2) is 22.3 Å². The van der Waals surface area contributed by atoms with Crippen molar-refractivity contribution in [2.75, 3.05) is 0 Å². The van der Waals surface area contributed by atoms with Crippen LogP contribution in [-0.2, 0) is 15.6 Å². The van der Waals surface area contributed by atoms with Gasteiger partial charge < -0.3 is 10.2 Å². The number of ketones is 1. The molecule has 0 saturated heterocycles. The molecule has 0 aliphatic rings. The molecule has 2 atom stereocenters. The van der Waals surface area contributed by atoms with Gasteiger partial charge in [0.1, 0.15) is 5.78 Å². The lowest BCUT2D eigenvalue weighted by atomic mass is 9.74. The van der Waals surface area contributed by atoms with E-state index in [1.807, 2.05) is 18.2 Å². The van der Waals surface area contributed by atoms with Gasteiger partial charge in [0.05, 0.1) is 0 Å². The highest BCUT2D eigenvalue weighted by atomic mass is 16.5. The maximum atomic E-state index is 12.5. The third-order valence-corrected chi connectivity index (χ3v) is 7.57. The van der Waals surface area contributed by atoms with Crippen LogP contribution in [0.5, 0.6) is 0 Å². The minimum Gasteiger partial charge on any atom is -0.368 e. The van der Waals surface area contributed by atoms with Gasteiger partial charge in [-0.3, -0.25) is 4.79 Å². The van der Waals surface area contributed by atoms with E-state index in [1.54, 1.807) is 0 Å². The van der Waals surface area contributed by atoms with Crippen molar-refractivity contribution >= 4 is 5.78 Å². The summed E-state index contributed by atoms with van der Waals surface area (Å²) in [5.74, 6) is 0.379. The van der Waals surface area contributed by atoms with Gasteiger partial charge in [0.25, 0.3) is 0 Å². The average Bonchev–Trinajstić information content (AvgIpc) is 2.84. The van der Waals surface area contributed by atoms with Crippen molar-refractivity contribution in [3.8, 4) is 0 Å². The van der Waals surface area contributed by atoms with Gasteiger partial charge in [0.15, 0.2) is 6.29 Å². The zero-order valence-corrected chi connectivity index (χ0v) is 21.6. The second kappa shape index (κ2) is 14.4. The summed E-state index contributed by atoms with van der Waals surface area (Å²) < 4.78 is 0. The molecule has 0 fully saturated rings. The molecule has 0 bridgehead atoms. The summed E-state index contributed by atoms with van der Waals surface area (Å²) in [5, 5.41) is 18.7. The van der Waals surface area contributed by atoms with Gasteiger partial charge in [-0.05, 0) is 66.9 Å². The van der Waals surface area contributed by atoms with E-state index in [1.165, 1.54) is 24.0 Å². The first kappa shape index (κ1) is 28.3. The van der Waals surface area contributed by atoms with Gasteiger partial charge >= 0.3 is 0 Å². The average molecular weight is 467 g/mol. The van der Waals surface area contributed by atoms with Gasteiger partial charge in [-0.15, -0.1) is 0 Å². The predicted molar refractivity (Wildman–Crippen MR) is 142 cm³/mol. The van der Waals surface area contributed by atoms with E-state index in [0.29, 0.717) is 25.0 Å². The van der Waals surface area contributed by atoms with Gasteiger partial charge in [-0.1, -0.05) is 101 Å². The SMILES string of the molecule is CCCC(C)(CCCCC(=O)CCCCC(C)(CCC(O)O)c1ccccc1)c1ccccc1. The first-order valence-corrected chi connectivity index (χ1v) is 13.3. The molecule has 2 N–H and O–H groups in total. The fourth-order valence-electron chi connectivity index (χ4n) is 5.31. The zero-order valence-electron chi connectivity index (χ0n) is 21.6. The van der Waals surface area contributed by atoms with Crippen LogP contribution in [0.25, 0.3) is 0 Å². The van der Waals surface area contributed by atoms with Crippen LogP contribution in [0.1, 0.15) is 109 Å². The van der Waals surface area contributed by atoms with Gasteiger partial charge in [-0.2, -0.15) is 0 Å². The monoisotopic (exact) mass is 466 g/mol. The van der Waals surface area contributed by atoms with E-state index < -0.39 is 6.29 Å². The smallest absolute Gasteiger partial charge is 0.151 e. The van der Waals surface area contributed by atoms with Crippen molar-refractivity contribution < 1.29 is 15.0 Å². The Hall–Kier alpha value is -1.97. The van der Waals surface area contributed by atoms with Crippen molar-refractivity contribution in [1.29, 1.82) is 0 Å². The van der Waals surface area contributed by atoms with Crippen molar-refractivity contribution in [2.24, 2.45) is 0 Å². The molecule has 0 amide bonds. The number of aliphatic hydroxyl groups is 2. The maximum Gasteiger partial charge on any atom is 0.151 e. The third-order valence-electron chi connectivity index (χ3n) is 7.57. The molecule has 2 aromatic rings. The molecule has 0 saturated carbocycles. The Morgan fingerprint density at radius 1 is 0.706 bits per heavy atom. The van der Waals surface area contributed by atoms with Crippen LogP contribution in [0.3, 0.4) is 0 Å². The number of aliphatic hydroxyl groups excluding tert-OH is 1. The Kier molecular flexibility index (Phi) is 12.0. The van der Waals surface area contributed by atoms with E-state index in [0.717, 1.165) is 44.9 Å². The van der Waals surface area contributed by atoms with Crippen molar-refractivity contribution in [2.45, 2.75) is 115 Å². The highest BCUT2D eigenvalue weighted by Crippen LogP contribution is 2.36. The van der Waals surface area contributed by atoms with Gasteiger partial charge in [-0.25, -0.2) is 0 Å². The molecule has 0 radical (unpaired) electrons. The number of Topliss-reactive ketones (excluding diaryl/α,β-unsaturated/α-hetero) is 1. The standard InChI is InChI=1S/C31H46O3/c1-4-22-30(2,26-15-7-5-8-16-26)23-13-11-19-28(32)20-12-14-24-31(3,25-21-29(33)34)27-17-9-6-10-18-27/h5-10,15-18,29,33-34H,4,11-14,19-25H2,1-3H3. The van der Waals surface area contributed by atoms with Gasteiger partial charge in [0.2, 0.25) is 0 Å². The molecule has 0 aromatic heterocycles. The summed E-state index contributed by atoms with van der Waals surface area (Å²) in [4.78, 5) is 12.5. The van der Waals surface area contributed by atoms with Gasteiger partial charge in [0, 0.05) is 12.8 Å². The fourth-order valence-corrected chi connectivity index (χ4v) is 5.31. The Morgan fingerprint density at radius 2 is 1.15 bits per heavy atom. The predicted octanol–water partition coefficient (Wildman–Crippen LogP) is 7.48. The fraction of sp³-hybridized carbons (Fsp3) is 0.581. The first-order valence-electron chi connectivity index (χ1n) is 13.3. The lowest BCUT2D eigenvalue weighted by molar-refractivity contribution is -0.119. The molecule has 188 valence electrons. The number of benzene rings is 2. The second-order valence-electron chi connectivity index (χ2n) is 10.6. The third kappa shape index (κ3) is 9.35. The minimum absolute atomic E-state index is 0.102. The van der Waals surface area contributed by atoms with E-state index in [2.05, 4.69) is 63.2 Å². The lowest BCUT2D eigenvalue weighted by Crippen LogP contribution is -2.24. The summed E-state index contributed by atoms with van der Waals surface area (Å²) >= 11 is 0. The second-order valence-corrected chi connectivity index (χ2v) is 10.6. The molecular weight excluding hydrogens is 420 g/mol. The van der Waals surface area contributed by atoms with E-state index in [9.17, 15) is 15.0 Å². The van der Waals surface area contributed by atoms with Crippen LogP contribution in [0, 0.1) is 0 Å². The number of carbonyl (C=O) groups excluding carboxylic acids is 1. The molecule has 0 spiro atoms. The Balaban J connectivity index is 1.74. The number of rotatable bonds is 17. The highest BCUT2D eigenvalue weighted by Gasteiger charge is 2.27. The summed E-state index contributed by atoms with van der Waals surface area (Å²) in [6.45, 7) is 6.82. The summed E-state index contributed by atoms with van der Waals surface area (Å²) in [5.41, 5.74) is 2.74. The van der Waals surface area contributed by atoms with Crippen molar-refractivity contribution in [3.05, 3.63) is 71.8 Å². The summed E-state index contributed by atoms with van der Waals surface area (Å²) in [6.07, 6.45) is 9.52. The Morgan fingerprint density at radius 3 is 1.56 bits per heavy atom. The van der Waals surface area contributed by atoms with Crippen molar-refractivity contribution in [3.63, 3.8) is 0 Å². The molecule has 2 rings (SSSR count). The number of hydrogen-bond donors (Lipinski definition) is 2. The van der Waals surface area contributed by atoms with E-state index in [4.69, 9.17) is 0 Å². The van der Waals surface area contributed by atoms with Crippen LogP contribution in [0.4, 0.5) is 0 Å². The van der Waals surface area contributed by atoms with E-state index in [-0.39, 0.29) is 10.8 Å². The number of hydrogen-bond acceptors (Lipinski definition) is 3. The largest absolute Gasteiger partial charge is 0.368 e. The zero-order chi connectivity index (χ0) is 24.9. The Labute approximate surface area is 207 Å². The van der Waals surface area contributed by atoms with Crippen LogP contribution >= 0.6 is 0 Å². The maximum absolute atomic E-state index is 12.5. The molecular formula is C31H46O3. The molecule has 2 aromatic carbocycles. The first-order chi connectivity index (χ1) is 16.3. The molecule has 0 aliphatic carbocycles. The normalized spacial score (nSPS) is 15.1. The summed E-state index contributed by atoms with van der Waals surface area (Å²) in [7, 11) is 0. The van der Waals surface area contributed by atoms with E-state index >= 15 is 0 Å². The minimum atomic E-state index is -1.27. The molecule has 3 heteroatoms. The quantitative estimate of drug-likeness (QED) is 0.188. The van der Waals surface area contributed by atoms with Crippen LogP contribution in [0.2, 0.25) is 0 Å². The molecule has 0 heterocycles. The number of unbranched alkanes of at least 4 members (excludes halogenated alkanes) is 2.